The minimum absolute atomic E-state index is 0.0976. The van der Waals surface area contributed by atoms with Gasteiger partial charge in [-0.05, 0) is 24.7 Å². The summed E-state index contributed by atoms with van der Waals surface area (Å²) in [5.74, 6) is 2.67. The molecule has 0 radical (unpaired) electrons. The maximum absolute atomic E-state index is 12.0. The largest absolute Gasteiger partial charge is 0.372 e. The van der Waals surface area contributed by atoms with Gasteiger partial charge in [0, 0.05) is 25.0 Å². The van der Waals surface area contributed by atoms with E-state index in [1.807, 2.05) is 11.8 Å². The summed E-state index contributed by atoms with van der Waals surface area (Å²) in [6.07, 6.45) is 3.75. The number of carbonyl (C=O) groups excluding carboxylic acids is 1. The standard InChI is InChI=1S/C12H16ClN3OS/c1-14-11-10(13)5-8(6-15-11)12(17)16-9-3-2-4-18-7-9/h5-6,9H,2-4,7H2,1H3,(H,14,15)(H,16,17). The molecule has 1 aromatic rings. The van der Waals surface area contributed by atoms with Crippen LogP contribution in [-0.2, 0) is 0 Å². The van der Waals surface area contributed by atoms with Crippen LogP contribution < -0.4 is 10.6 Å². The third kappa shape index (κ3) is 3.29. The number of thioether (sulfide) groups is 1. The highest BCUT2D eigenvalue weighted by molar-refractivity contribution is 7.99. The Balaban J connectivity index is 2.01. The molecule has 4 nitrogen and oxygen atoms in total. The molecule has 0 saturated carbocycles. The first kappa shape index (κ1) is 13.5. The number of carbonyl (C=O) groups is 1. The first-order valence-electron chi connectivity index (χ1n) is 5.92. The number of halogens is 1. The molecule has 0 spiro atoms. The van der Waals surface area contributed by atoms with Crippen molar-refractivity contribution in [3.05, 3.63) is 22.8 Å². The fourth-order valence-corrected chi connectivity index (χ4v) is 3.20. The molecule has 1 fully saturated rings. The summed E-state index contributed by atoms with van der Waals surface area (Å²) < 4.78 is 0. The van der Waals surface area contributed by atoms with Crippen molar-refractivity contribution in [1.82, 2.24) is 10.3 Å². The number of pyridine rings is 1. The lowest BCUT2D eigenvalue weighted by Gasteiger charge is -2.22. The Morgan fingerprint density at radius 3 is 3.06 bits per heavy atom. The van der Waals surface area contributed by atoms with Crippen molar-refractivity contribution in [2.24, 2.45) is 0 Å². The summed E-state index contributed by atoms with van der Waals surface area (Å²) in [6, 6.07) is 1.91. The third-order valence-electron chi connectivity index (χ3n) is 2.84. The zero-order valence-corrected chi connectivity index (χ0v) is 11.8. The fourth-order valence-electron chi connectivity index (χ4n) is 1.87. The van der Waals surface area contributed by atoms with Crippen molar-refractivity contribution in [1.29, 1.82) is 0 Å². The molecule has 0 aliphatic carbocycles. The molecule has 2 N–H and O–H groups in total. The Morgan fingerprint density at radius 1 is 1.61 bits per heavy atom. The molecule has 0 aromatic carbocycles. The van der Waals surface area contributed by atoms with E-state index in [2.05, 4.69) is 15.6 Å². The lowest BCUT2D eigenvalue weighted by molar-refractivity contribution is 0.0938. The van der Waals surface area contributed by atoms with Gasteiger partial charge in [-0.25, -0.2) is 4.98 Å². The molecule has 2 rings (SSSR count). The number of amides is 1. The highest BCUT2D eigenvalue weighted by Gasteiger charge is 2.17. The molecular formula is C12H16ClN3OS. The highest BCUT2D eigenvalue weighted by atomic mass is 35.5. The van der Waals surface area contributed by atoms with Gasteiger partial charge in [0.2, 0.25) is 0 Å². The Hall–Kier alpha value is -0.940. The van der Waals surface area contributed by atoms with E-state index < -0.39 is 0 Å². The summed E-state index contributed by atoms with van der Waals surface area (Å²) in [5, 5.41) is 6.35. The average molecular weight is 286 g/mol. The number of aromatic nitrogens is 1. The monoisotopic (exact) mass is 285 g/mol. The van der Waals surface area contributed by atoms with Gasteiger partial charge < -0.3 is 10.6 Å². The fraction of sp³-hybridized carbons (Fsp3) is 0.500. The third-order valence-corrected chi connectivity index (χ3v) is 4.34. The van der Waals surface area contributed by atoms with Crippen LogP contribution in [-0.4, -0.2) is 35.5 Å². The average Bonchev–Trinajstić information content (AvgIpc) is 2.39. The molecule has 1 atom stereocenters. The van der Waals surface area contributed by atoms with Crippen molar-refractivity contribution in [2.45, 2.75) is 18.9 Å². The molecule has 0 bridgehead atoms. The van der Waals surface area contributed by atoms with Crippen molar-refractivity contribution < 1.29 is 4.79 Å². The van der Waals surface area contributed by atoms with Gasteiger partial charge in [0.1, 0.15) is 5.82 Å². The number of nitrogens with zero attached hydrogens (tertiary/aromatic N) is 1. The second kappa shape index (κ2) is 6.29. The van der Waals surface area contributed by atoms with Crippen molar-refractivity contribution >= 4 is 35.1 Å². The van der Waals surface area contributed by atoms with Gasteiger partial charge in [-0.2, -0.15) is 11.8 Å². The molecule has 1 aliphatic rings. The first-order chi connectivity index (χ1) is 8.70. The van der Waals surface area contributed by atoms with E-state index in [0.717, 1.165) is 18.6 Å². The van der Waals surface area contributed by atoms with E-state index in [4.69, 9.17) is 11.6 Å². The van der Waals surface area contributed by atoms with Crippen molar-refractivity contribution in [2.75, 3.05) is 23.9 Å². The van der Waals surface area contributed by atoms with E-state index in [1.54, 1.807) is 19.3 Å². The molecule has 1 aromatic heterocycles. The molecule has 98 valence electrons. The Kier molecular flexibility index (Phi) is 4.72. The number of anilines is 1. The summed E-state index contributed by atoms with van der Waals surface area (Å²) in [5.41, 5.74) is 0.509. The van der Waals surface area contributed by atoms with Crippen LogP contribution in [0.3, 0.4) is 0 Å². The van der Waals surface area contributed by atoms with Crippen LogP contribution in [0.15, 0.2) is 12.3 Å². The maximum atomic E-state index is 12.0. The first-order valence-corrected chi connectivity index (χ1v) is 7.46. The van der Waals surface area contributed by atoms with Crippen LogP contribution in [0.2, 0.25) is 5.02 Å². The molecule has 1 saturated heterocycles. The lowest BCUT2D eigenvalue weighted by Crippen LogP contribution is -2.38. The van der Waals surface area contributed by atoms with E-state index >= 15 is 0 Å². The second-order valence-corrected chi connectivity index (χ2v) is 5.75. The van der Waals surface area contributed by atoms with E-state index in [0.29, 0.717) is 16.4 Å². The number of rotatable bonds is 3. The quantitative estimate of drug-likeness (QED) is 0.895. The topological polar surface area (TPSA) is 54.0 Å². The van der Waals surface area contributed by atoms with Gasteiger partial charge in [-0.15, -0.1) is 0 Å². The van der Waals surface area contributed by atoms with Crippen LogP contribution in [0.1, 0.15) is 23.2 Å². The molecule has 6 heteroatoms. The van der Waals surface area contributed by atoms with Crippen LogP contribution >= 0.6 is 23.4 Å². The second-order valence-electron chi connectivity index (χ2n) is 4.19. The van der Waals surface area contributed by atoms with Gasteiger partial charge in [-0.3, -0.25) is 4.79 Å². The number of hydrogen-bond acceptors (Lipinski definition) is 4. The number of nitrogens with one attached hydrogen (secondary N) is 2. The zero-order valence-electron chi connectivity index (χ0n) is 10.2. The van der Waals surface area contributed by atoms with Crippen LogP contribution in [0.4, 0.5) is 5.82 Å². The summed E-state index contributed by atoms with van der Waals surface area (Å²) in [7, 11) is 1.74. The van der Waals surface area contributed by atoms with Gasteiger partial charge >= 0.3 is 0 Å². The van der Waals surface area contributed by atoms with Crippen molar-refractivity contribution in [3.63, 3.8) is 0 Å². The van der Waals surface area contributed by atoms with Gasteiger partial charge in [-0.1, -0.05) is 11.6 Å². The summed E-state index contributed by atoms with van der Waals surface area (Å²) >= 11 is 7.89. The zero-order chi connectivity index (χ0) is 13.0. The van der Waals surface area contributed by atoms with Gasteiger partial charge in [0.25, 0.3) is 5.91 Å². The molecule has 1 amide bonds. The van der Waals surface area contributed by atoms with E-state index in [-0.39, 0.29) is 11.9 Å². The SMILES string of the molecule is CNc1ncc(C(=O)NC2CCCSC2)cc1Cl. The van der Waals surface area contributed by atoms with Crippen molar-refractivity contribution in [3.8, 4) is 0 Å². The molecule has 1 aliphatic heterocycles. The Labute approximate surface area is 116 Å². The van der Waals surface area contributed by atoms with E-state index in [1.165, 1.54) is 5.75 Å². The molecule has 2 heterocycles. The predicted molar refractivity (Wildman–Crippen MR) is 76.6 cm³/mol. The molecular weight excluding hydrogens is 270 g/mol. The molecule has 18 heavy (non-hydrogen) atoms. The lowest BCUT2D eigenvalue weighted by atomic mass is 10.1. The molecule has 1 unspecified atom stereocenters. The Morgan fingerprint density at radius 2 is 2.44 bits per heavy atom. The highest BCUT2D eigenvalue weighted by Crippen LogP contribution is 2.20. The van der Waals surface area contributed by atoms with E-state index in [9.17, 15) is 4.79 Å². The van der Waals surface area contributed by atoms with Crippen LogP contribution in [0.25, 0.3) is 0 Å². The summed E-state index contributed by atoms with van der Waals surface area (Å²) in [6.45, 7) is 0. The van der Waals surface area contributed by atoms with Gasteiger partial charge in [0.15, 0.2) is 0 Å². The number of hydrogen-bond donors (Lipinski definition) is 2. The minimum atomic E-state index is -0.0976. The normalized spacial score (nSPS) is 19.3. The maximum Gasteiger partial charge on any atom is 0.253 e. The van der Waals surface area contributed by atoms with Crippen LogP contribution in [0, 0.1) is 0 Å². The van der Waals surface area contributed by atoms with Crippen LogP contribution in [0.5, 0.6) is 0 Å². The Bertz CT molecular complexity index is 435. The predicted octanol–water partition coefficient (Wildman–Crippen LogP) is 2.40. The van der Waals surface area contributed by atoms with Gasteiger partial charge in [0.05, 0.1) is 10.6 Å². The minimum Gasteiger partial charge on any atom is -0.372 e. The summed E-state index contributed by atoms with van der Waals surface area (Å²) in [4.78, 5) is 16.1. The smallest absolute Gasteiger partial charge is 0.253 e.